The number of carbonyl (C=O) groups is 1. The van der Waals surface area contributed by atoms with Crippen LogP contribution in [0.1, 0.15) is 12.5 Å². The van der Waals surface area contributed by atoms with E-state index in [1.54, 1.807) is 26.0 Å². The molecule has 122 valence electrons. The summed E-state index contributed by atoms with van der Waals surface area (Å²) in [5.41, 5.74) is 0.917. The maximum Gasteiger partial charge on any atom is 0.263 e. The van der Waals surface area contributed by atoms with E-state index in [2.05, 4.69) is 0 Å². The molecule has 0 unspecified atom stereocenters. The van der Waals surface area contributed by atoms with Gasteiger partial charge in [0, 0.05) is 19.2 Å². The van der Waals surface area contributed by atoms with Gasteiger partial charge in [-0.1, -0.05) is 18.2 Å². The summed E-state index contributed by atoms with van der Waals surface area (Å²) in [6.45, 7) is 2.09. The van der Waals surface area contributed by atoms with Gasteiger partial charge in [-0.15, -0.1) is 0 Å². The van der Waals surface area contributed by atoms with Crippen LogP contribution in [0.15, 0.2) is 48.5 Å². The van der Waals surface area contributed by atoms with Crippen LogP contribution in [0.25, 0.3) is 0 Å². The molecule has 0 fully saturated rings. The van der Waals surface area contributed by atoms with Crippen LogP contribution in [0.4, 0.5) is 4.39 Å². The van der Waals surface area contributed by atoms with Crippen LogP contribution >= 0.6 is 0 Å². The molecule has 0 heterocycles. The van der Waals surface area contributed by atoms with Crippen molar-refractivity contribution in [1.29, 1.82) is 0 Å². The van der Waals surface area contributed by atoms with Crippen LogP contribution in [0.5, 0.6) is 11.5 Å². The van der Waals surface area contributed by atoms with Crippen molar-refractivity contribution in [1.82, 2.24) is 4.90 Å². The molecule has 0 aliphatic carbocycles. The molecule has 0 saturated carbocycles. The molecule has 5 heteroatoms. The van der Waals surface area contributed by atoms with E-state index in [1.807, 2.05) is 24.3 Å². The van der Waals surface area contributed by atoms with Crippen LogP contribution in [0.2, 0.25) is 0 Å². The van der Waals surface area contributed by atoms with Crippen LogP contribution in [0, 0.1) is 5.82 Å². The highest BCUT2D eigenvalue weighted by atomic mass is 19.1. The third kappa shape index (κ3) is 4.45. The summed E-state index contributed by atoms with van der Waals surface area (Å²) >= 11 is 0. The van der Waals surface area contributed by atoms with E-state index < -0.39 is 6.10 Å². The number of rotatable bonds is 6. The first-order valence-corrected chi connectivity index (χ1v) is 7.30. The van der Waals surface area contributed by atoms with E-state index in [1.165, 1.54) is 24.3 Å². The zero-order valence-electron chi connectivity index (χ0n) is 13.5. The highest BCUT2D eigenvalue weighted by Gasteiger charge is 2.20. The topological polar surface area (TPSA) is 38.8 Å². The number of likely N-dealkylation sites (N-methyl/N-ethyl adjacent to an activating group) is 1. The number of halogens is 1. The second-order valence-electron chi connectivity index (χ2n) is 5.22. The molecule has 2 aromatic rings. The Morgan fingerprint density at radius 2 is 1.83 bits per heavy atom. The van der Waals surface area contributed by atoms with Crippen molar-refractivity contribution in [3.05, 3.63) is 59.9 Å². The fourth-order valence-corrected chi connectivity index (χ4v) is 2.25. The molecule has 0 N–H and O–H groups in total. The molecular weight excluding hydrogens is 297 g/mol. The predicted molar refractivity (Wildman–Crippen MR) is 86.0 cm³/mol. The van der Waals surface area contributed by atoms with E-state index in [4.69, 9.17) is 9.47 Å². The summed E-state index contributed by atoms with van der Waals surface area (Å²) in [4.78, 5) is 14.0. The van der Waals surface area contributed by atoms with E-state index in [-0.39, 0.29) is 11.7 Å². The lowest BCUT2D eigenvalue weighted by atomic mass is 10.2. The highest BCUT2D eigenvalue weighted by molar-refractivity contribution is 5.80. The maximum atomic E-state index is 12.9. The lowest BCUT2D eigenvalue weighted by molar-refractivity contribution is -0.137. The molecule has 0 bridgehead atoms. The van der Waals surface area contributed by atoms with Crippen molar-refractivity contribution in [2.45, 2.75) is 19.6 Å². The number of hydrogen-bond acceptors (Lipinski definition) is 3. The lowest BCUT2D eigenvalue weighted by Gasteiger charge is -2.23. The van der Waals surface area contributed by atoms with Gasteiger partial charge in [0.05, 0.1) is 7.11 Å². The maximum absolute atomic E-state index is 12.9. The number of amides is 1. The first kappa shape index (κ1) is 16.8. The molecule has 0 aromatic heterocycles. The van der Waals surface area contributed by atoms with Crippen molar-refractivity contribution in [2.24, 2.45) is 0 Å². The van der Waals surface area contributed by atoms with Crippen molar-refractivity contribution in [2.75, 3.05) is 14.2 Å². The minimum absolute atomic E-state index is 0.166. The molecule has 0 spiro atoms. The predicted octanol–water partition coefficient (Wildman–Crippen LogP) is 3.26. The second kappa shape index (κ2) is 7.63. The third-order valence-corrected chi connectivity index (χ3v) is 3.45. The molecule has 1 amide bonds. The minimum Gasteiger partial charge on any atom is -0.496 e. The van der Waals surface area contributed by atoms with Gasteiger partial charge in [-0.25, -0.2) is 4.39 Å². The smallest absolute Gasteiger partial charge is 0.263 e. The number of nitrogens with zero attached hydrogens (tertiary/aromatic N) is 1. The Bertz CT molecular complexity index is 658. The van der Waals surface area contributed by atoms with E-state index in [0.29, 0.717) is 12.3 Å². The first-order valence-electron chi connectivity index (χ1n) is 7.30. The number of ether oxygens (including phenoxy) is 2. The summed E-state index contributed by atoms with van der Waals surface area (Å²) in [7, 11) is 3.31. The molecule has 23 heavy (non-hydrogen) atoms. The van der Waals surface area contributed by atoms with E-state index >= 15 is 0 Å². The first-order chi connectivity index (χ1) is 11.0. The fourth-order valence-electron chi connectivity index (χ4n) is 2.25. The molecule has 1 atom stereocenters. The lowest BCUT2D eigenvalue weighted by Crippen LogP contribution is -2.37. The Balaban J connectivity index is 1.99. The monoisotopic (exact) mass is 317 g/mol. The Hall–Kier alpha value is -2.56. The standard InChI is InChI=1S/C18H20FNO3/c1-13(23-16-10-8-15(19)9-11-16)18(21)20(2)12-14-6-4-5-7-17(14)22-3/h4-11,13H,12H2,1-3H3/t13-/m0/s1. The number of benzene rings is 2. The van der Waals surface area contributed by atoms with Gasteiger partial charge in [0.1, 0.15) is 17.3 Å². The number of para-hydroxylation sites is 1. The quantitative estimate of drug-likeness (QED) is 0.821. The molecule has 2 rings (SSSR count). The largest absolute Gasteiger partial charge is 0.496 e. The van der Waals surface area contributed by atoms with Gasteiger partial charge in [-0.05, 0) is 37.3 Å². The Kier molecular flexibility index (Phi) is 5.57. The van der Waals surface area contributed by atoms with Crippen LogP contribution in [0.3, 0.4) is 0 Å². The average Bonchev–Trinajstić information content (AvgIpc) is 2.56. The minimum atomic E-state index is -0.667. The van der Waals surface area contributed by atoms with Crippen molar-refractivity contribution < 1.29 is 18.7 Å². The fraction of sp³-hybridized carbons (Fsp3) is 0.278. The molecule has 0 radical (unpaired) electrons. The van der Waals surface area contributed by atoms with Crippen molar-refractivity contribution in [3.63, 3.8) is 0 Å². The molecule has 0 saturated heterocycles. The van der Waals surface area contributed by atoms with E-state index in [0.717, 1.165) is 11.3 Å². The Morgan fingerprint density at radius 3 is 2.48 bits per heavy atom. The summed E-state index contributed by atoms with van der Waals surface area (Å²) in [5, 5.41) is 0. The SMILES string of the molecule is COc1ccccc1CN(C)C(=O)[C@H](C)Oc1ccc(F)cc1. The summed E-state index contributed by atoms with van der Waals surface area (Å²) < 4.78 is 23.7. The van der Waals surface area contributed by atoms with Crippen LogP contribution in [-0.2, 0) is 11.3 Å². The summed E-state index contributed by atoms with van der Waals surface area (Å²) in [5.74, 6) is 0.682. The van der Waals surface area contributed by atoms with Gasteiger partial charge < -0.3 is 14.4 Å². The summed E-state index contributed by atoms with van der Waals surface area (Å²) in [6, 6.07) is 13.1. The van der Waals surface area contributed by atoms with Crippen molar-refractivity contribution >= 4 is 5.91 Å². The zero-order chi connectivity index (χ0) is 16.8. The number of carbonyl (C=O) groups excluding carboxylic acids is 1. The highest BCUT2D eigenvalue weighted by Crippen LogP contribution is 2.19. The third-order valence-electron chi connectivity index (χ3n) is 3.45. The summed E-state index contributed by atoms with van der Waals surface area (Å²) in [6.07, 6.45) is -0.667. The van der Waals surface area contributed by atoms with Gasteiger partial charge in [-0.2, -0.15) is 0 Å². The normalized spacial score (nSPS) is 11.7. The van der Waals surface area contributed by atoms with Gasteiger partial charge in [0.25, 0.3) is 5.91 Å². The van der Waals surface area contributed by atoms with Gasteiger partial charge in [0.2, 0.25) is 0 Å². The second-order valence-corrected chi connectivity index (χ2v) is 5.22. The van der Waals surface area contributed by atoms with Crippen LogP contribution < -0.4 is 9.47 Å². The van der Waals surface area contributed by atoms with Crippen LogP contribution in [-0.4, -0.2) is 31.1 Å². The zero-order valence-corrected chi connectivity index (χ0v) is 13.5. The van der Waals surface area contributed by atoms with E-state index in [9.17, 15) is 9.18 Å². The van der Waals surface area contributed by atoms with Gasteiger partial charge in [-0.3, -0.25) is 4.79 Å². The molecule has 4 nitrogen and oxygen atoms in total. The van der Waals surface area contributed by atoms with Gasteiger partial charge >= 0.3 is 0 Å². The molecule has 0 aliphatic rings. The molecular formula is C18H20FNO3. The number of methoxy groups -OCH3 is 1. The average molecular weight is 317 g/mol. The Morgan fingerprint density at radius 1 is 1.17 bits per heavy atom. The van der Waals surface area contributed by atoms with Gasteiger partial charge in [0.15, 0.2) is 6.10 Å². The number of hydrogen-bond donors (Lipinski definition) is 0. The Labute approximate surface area is 135 Å². The molecule has 2 aromatic carbocycles. The van der Waals surface area contributed by atoms with Crippen molar-refractivity contribution in [3.8, 4) is 11.5 Å². The molecule has 0 aliphatic heterocycles.